The van der Waals surface area contributed by atoms with Gasteiger partial charge >= 0.3 is 12.4 Å². The van der Waals surface area contributed by atoms with Gasteiger partial charge in [0.05, 0.1) is 56.7 Å². The molecule has 0 bridgehead atoms. The van der Waals surface area contributed by atoms with E-state index in [1.807, 2.05) is 4.90 Å². The molecule has 0 aromatic heterocycles. The predicted octanol–water partition coefficient (Wildman–Crippen LogP) is 5.16. The molecule has 2 heterocycles. The molecule has 2 fully saturated rings. The van der Waals surface area contributed by atoms with Gasteiger partial charge in [0.25, 0.3) is 0 Å². The Kier molecular flexibility index (Phi) is 10.1. The van der Waals surface area contributed by atoms with Crippen molar-refractivity contribution in [1.82, 2.24) is 9.80 Å². The number of hydrogen-bond acceptors (Lipinski definition) is 5. The number of morpholine rings is 2. The van der Waals surface area contributed by atoms with E-state index in [2.05, 4.69) is 16.7 Å². The van der Waals surface area contributed by atoms with Crippen LogP contribution in [0.2, 0.25) is 0 Å². The molecule has 2 aromatic carbocycles. The lowest BCUT2D eigenvalue weighted by atomic mass is 10.0. The maximum atomic E-state index is 13.6. The summed E-state index contributed by atoms with van der Waals surface area (Å²) in [6, 6.07) is 6.72. The Bertz CT molecular complexity index is 1140. The van der Waals surface area contributed by atoms with Gasteiger partial charge in [0, 0.05) is 19.6 Å². The zero-order valence-electron chi connectivity index (χ0n) is 21.5. The Morgan fingerprint density at radius 1 is 0.825 bits per heavy atom. The molecule has 2 unspecified atom stereocenters. The van der Waals surface area contributed by atoms with E-state index in [4.69, 9.17) is 14.2 Å². The summed E-state index contributed by atoms with van der Waals surface area (Å²) in [5, 5.41) is 0. The third kappa shape index (κ3) is 8.41. The van der Waals surface area contributed by atoms with E-state index in [1.165, 1.54) is 12.1 Å². The summed E-state index contributed by atoms with van der Waals surface area (Å²) >= 11 is 0. The molecular weight excluding hydrogens is 545 g/mol. The number of hydrogen-bond donors (Lipinski definition) is 0. The molecule has 0 saturated carbocycles. The summed E-state index contributed by atoms with van der Waals surface area (Å²) in [4.78, 5) is 4.18. The van der Waals surface area contributed by atoms with E-state index in [9.17, 15) is 30.7 Å². The van der Waals surface area contributed by atoms with Crippen LogP contribution < -0.4 is 0 Å². The van der Waals surface area contributed by atoms with Crippen molar-refractivity contribution in [3.8, 4) is 11.8 Å². The molecule has 5 nitrogen and oxygen atoms in total. The molecule has 4 rings (SSSR count). The van der Waals surface area contributed by atoms with Crippen LogP contribution >= 0.6 is 0 Å². The molecule has 0 spiro atoms. The first-order valence-electron chi connectivity index (χ1n) is 12.8. The quantitative estimate of drug-likeness (QED) is 0.338. The summed E-state index contributed by atoms with van der Waals surface area (Å²) in [5.74, 6) is 5.87. The highest BCUT2D eigenvalue weighted by molar-refractivity contribution is 5.33. The van der Waals surface area contributed by atoms with E-state index in [1.54, 1.807) is 12.1 Å². The van der Waals surface area contributed by atoms with E-state index in [0.29, 0.717) is 50.5 Å². The third-order valence-corrected chi connectivity index (χ3v) is 6.66. The average Bonchev–Trinajstić information content (AvgIpc) is 2.91. The summed E-state index contributed by atoms with van der Waals surface area (Å²) in [5.41, 5.74) is -2.24. The Morgan fingerprint density at radius 2 is 1.45 bits per heavy atom. The van der Waals surface area contributed by atoms with E-state index in [0.717, 1.165) is 13.1 Å². The topological polar surface area (TPSA) is 34.2 Å². The molecule has 2 aliphatic heterocycles. The zero-order chi connectivity index (χ0) is 28.8. The van der Waals surface area contributed by atoms with Crippen LogP contribution in [0, 0.1) is 17.7 Å². The Hall–Kier alpha value is -2.69. The zero-order valence-corrected chi connectivity index (χ0v) is 21.5. The van der Waals surface area contributed by atoms with Gasteiger partial charge in [-0.15, -0.1) is 0 Å². The molecule has 0 aliphatic carbocycles. The first-order valence-corrected chi connectivity index (χ1v) is 12.8. The number of alkyl halides is 6. The summed E-state index contributed by atoms with van der Waals surface area (Å²) in [7, 11) is 0. The molecule has 2 saturated heterocycles. The minimum atomic E-state index is -4.93. The third-order valence-electron chi connectivity index (χ3n) is 6.66. The average molecular weight is 575 g/mol. The molecule has 0 amide bonds. The normalized spacial score (nSPS) is 21.2. The van der Waals surface area contributed by atoms with Crippen LogP contribution in [0.4, 0.5) is 30.7 Å². The standard InChI is InChI=1S/C28H29F7N2O3/c29-24-5-3-21(4-6-24)25-26(40-16-12-37(25)9-2-1-8-36-10-14-38-15-11-36)39-13-7-20-17-22(27(30,31)32)19-23(18-20)28(33,34)35/h3-6,17-19,25-26H,7-16H2. The number of nitrogens with zero attached hydrogens (tertiary/aromatic N) is 2. The SMILES string of the molecule is Fc1ccc(C2C(OCCc3cc(C(F)(F)F)cc(C(F)(F)F)c3)OCCN2CC#CCN2CCOCC2)cc1. The Morgan fingerprint density at radius 3 is 2.08 bits per heavy atom. The van der Waals surface area contributed by atoms with Crippen molar-refractivity contribution in [2.75, 3.05) is 59.2 Å². The monoisotopic (exact) mass is 574 g/mol. The van der Waals surface area contributed by atoms with Gasteiger partial charge in [0.1, 0.15) is 5.82 Å². The van der Waals surface area contributed by atoms with Crippen molar-refractivity contribution in [2.45, 2.75) is 31.1 Å². The van der Waals surface area contributed by atoms with Crippen molar-refractivity contribution in [2.24, 2.45) is 0 Å². The maximum Gasteiger partial charge on any atom is 0.416 e. The van der Waals surface area contributed by atoms with Gasteiger partial charge in [-0.2, -0.15) is 26.3 Å². The number of benzene rings is 2. The van der Waals surface area contributed by atoms with Crippen LogP contribution in [0.5, 0.6) is 0 Å². The van der Waals surface area contributed by atoms with Crippen molar-refractivity contribution >= 4 is 0 Å². The van der Waals surface area contributed by atoms with Gasteiger partial charge < -0.3 is 14.2 Å². The number of ether oxygens (including phenoxy) is 3. The highest BCUT2D eigenvalue weighted by atomic mass is 19.4. The minimum absolute atomic E-state index is 0.0944. The first kappa shape index (κ1) is 30.3. The highest BCUT2D eigenvalue weighted by Gasteiger charge is 2.37. The molecule has 12 heteroatoms. The van der Waals surface area contributed by atoms with Crippen LogP contribution in [0.3, 0.4) is 0 Å². The fourth-order valence-electron chi connectivity index (χ4n) is 4.57. The minimum Gasteiger partial charge on any atom is -0.379 e. The predicted molar refractivity (Wildman–Crippen MR) is 132 cm³/mol. The second-order valence-corrected chi connectivity index (χ2v) is 9.48. The summed E-state index contributed by atoms with van der Waals surface area (Å²) in [6.45, 7) is 4.45. The highest BCUT2D eigenvalue weighted by Crippen LogP contribution is 2.37. The largest absolute Gasteiger partial charge is 0.416 e. The van der Waals surface area contributed by atoms with Gasteiger partial charge in [0.15, 0.2) is 6.29 Å². The maximum absolute atomic E-state index is 13.6. The lowest BCUT2D eigenvalue weighted by molar-refractivity contribution is -0.208. The van der Waals surface area contributed by atoms with Gasteiger partial charge in [-0.1, -0.05) is 24.0 Å². The van der Waals surface area contributed by atoms with Crippen molar-refractivity contribution in [1.29, 1.82) is 0 Å². The summed E-state index contributed by atoms with van der Waals surface area (Å²) in [6.07, 6.45) is -11.0. The van der Waals surface area contributed by atoms with Gasteiger partial charge in [-0.05, 0) is 47.9 Å². The Labute approximate surface area is 227 Å². The number of halogens is 7. The molecule has 0 N–H and O–H groups in total. The van der Waals surface area contributed by atoms with Crippen molar-refractivity contribution in [3.05, 3.63) is 70.5 Å². The van der Waals surface area contributed by atoms with Crippen LogP contribution in [0.15, 0.2) is 42.5 Å². The molecule has 40 heavy (non-hydrogen) atoms. The fourth-order valence-corrected chi connectivity index (χ4v) is 4.57. The second kappa shape index (κ2) is 13.3. The molecular formula is C28H29F7N2O3. The van der Waals surface area contributed by atoms with E-state index >= 15 is 0 Å². The van der Waals surface area contributed by atoms with Gasteiger partial charge in [0.2, 0.25) is 0 Å². The van der Waals surface area contributed by atoms with Crippen molar-refractivity contribution < 1.29 is 44.9 Å². The van der Waals surface area contributed by atoms with Crippen LogP contribution in [-0.4, -0.2) is 75.2 Å². The lowest BCUT2D eigenvalue weighted by Crippen LogP contribution is -2.46. The summed E-state index contributed by atoms with van der Waals surface area (Å²) < 4.78 is 110. The molecule has 2 aliphatic rings. The molecule has 2 atom stereocenters. The fraction of sp³-hybridized carbons (Fsp3) is 0.500. The second-order valence-electron chi connectivity index (χ2n) is 9.48. The Balaban J connectivity index is 1.46. The van der Waals surface area contributed by atoms with Crippen LogP contribution in [0.25, 0.3) is 0 Å². The molecule has 2 aromatic rings. The van der Waals surface area contributed by atoms with Crippen LogP contribution in [-0.2, 0) is 33.0 Å². The van der Waals surface area contributed by atoms with E-state index < -0.39 is 41.6 Å². The van der Waals surface area contributed by atoms with Gasteiger partial charge in [-0.25, -0.2) is 4.39 Å². The number of rotatable bonds is 7. The van der Waals surface area contributed by atoms with Gasteiger partial charge in [-0.3, -0.25) is 9.80 Å². The van der Waals surface area contributed by atoms with Crippen LogP contribution in [0.1, 0.15) is 28.3 Å². The lowest BCUT2D eigenvalue weighted by Gasteiger charge is -2.40. The first-order chi connectivity index (χ1) is 19.0. The van der Waals surface area contributed by atoms with Crippen molar-refractivity contribution in [3.63, 3.8) is 0 Å². The smallest absolute Gasteiger partial charge is 0.379 e. The molecule has 0 radical (unpaired) electrons. The molecule has 218 valence electrons. The van der Waals surface area contributed by atoms with E-state index in [-0.39, 0.29) is 31.3 Å².